The average molecular weight is 450 g/mol. The van der Waals surface area contributed by atoms with E-state index in [0.29, 0.717) is 37.6 Å². The molecule has 1 aromatic carbocycles. The number of piperidine rings is 1. The summed E-state index contributed by atoms with van der Waals surface area (Å²) in [6.45, 7) is 1.34. The van der Waals surface area contributed by atoms with Crippen LogP contribution in [0.25, 0.3) is 0 Å². The smallest absolute Gasteiger partial charge is 0.324 e. The molecule has 2 saturated heterocycles. The third-order valence-corrected chi connectivity index (χ3v) is 8.68. The fraction of sp³-hybridized carbons (Fsp3) is 0.619. The molecule has 9 nitrogen and oxygen atoms in total. The van der Waals surface area contributed by atoms with Gasteiger partial charge >= 0.3 is 6.03 Å². The van der Waals surface area contributed by atoms with Gasteiger partial charge in [-0.2, -0.15) is 4.31 Å². The summed E-state index contributed by atoms with van der Waals surface area (Å²) in [6, 6.07) is 3.98. The maximum Gasteiger partial charge on any atom is 0.324 e. The van der Waals surface area contributed by atoms with Gasteiger partial charge in [0, 0.05) is 31.2 Å². The van der Waals surface area contributed by atoms with Crippen molar-refractivity contribution < 1.29 is 27.5 Å². The Morgan fingerprint density at radius 3 is 2.42 bits per heavy atom. The van der Waals surface area contributed by atoms with Crippen molar-refractivity contribution in [1.82, 2.24) is 14.5 Å². The van der Waals surface area contributed by atoms with Crippen LogP contribution in [0.15, 0.2) is 23.1 Å². The second-order valence-corrected chi connectivity index (χ2v) is 10.5. The zero-order chi connectivity index (χ0) is 21.6. The number of benzene rings is 1. The maximum absolute atomic E-state index is 13.1. The number of rotatable bonds is 3. The first kappa shape index (κ1) is 20.6. The minimum atomic E-state index is -3.70. The third kappa shape index (κ3) is 3.65. The molecule has 1 N–H and O–H groups in total. The number of fused-ring (bicyclic) bond motifs is 2. The number of urea groups is 1. The van der Waals surface area contributed by atoms with Crippen LogP contribution in [-0.4, -0.2) is 67.9 Å². The Morgan fingerprint density at radius 2 is 1.65 bits per heavy atom. The normalized spacial score (nSPS) is 27.5. The van der Waals surface area contributed by atoms with Crippen molar-refractivity contribution in [2.45, 2.75) is 55.5 Å². The molecule has 10 heteroatoms. The van der Waals surface area contributed by atoms with E-state index in [0.717, 1.165) is 25.7 Å². The lowest BCUT2D eigenvalue weighted by Gasteiger charge is -2.44. The molecular formula is C21H27N3O6S. The van der Waals surface area contributed by atoms with Gasteiger partial charge in [0.25, 0.3) is 0 Å². The molecule has 2 unspecified atom stereocenters. The van der Waals surface area contributed by atoms with E-state index in [-0.39, 0.29) is 47.9 Å². The number of carbonyl (C=O) groups excluding carboxylic acids is 2. The second kappa shape index (κ2) is 7.98. The van der Waals surface area contributed by atoms with E-state index in [1.807, 2.05) is 0 Å². The predicted octanol–water partition coefficient (Wildman–Crippen LogP) is 1.72. The molecule has 3 amide bonds. The van der Waals surface area contributed by atoms with E-state index in [1.54, 1.807) is 6.07 Å². The van der Waals surface area contributed by atoms with Crippen molar-refractivity contribution in [2.24, 2.45) is 5.92 Å². The van der Waals surface area contributed by atoms with Crippen LogP contribution < -0.4 is 14.8 Å². The topological polar surface area (TPSA) is 105 Å². The van der Waals surface area contributed by atoms with Gasteiger partial charge in [-0.15, -0.1) is 0 Å². The van der Waals surface area contributed by atoms with E-state index < -0.39 is 10.0 Å². The van der Waals surface area contributed by atoms with Crippen molar-refractivity contribution in [3.63, 3.8) is 0 Å². The summed E-state index contributed by atoms with van der Waals surface area (Å²) in [5.41, 5.74) is 0. The molecule has 3 aliphatic heterocycles. The number of nitrogens with one attached hydrogen (secondary N) is 1. The molecule has 0 aromatic heterocycles. The van der Waals surface area contributed by atoms with Crippen LogP contribution in [0, 0.1) is 5.92 Å². The Kier molecular flexibility index (Phi) is 5.29. The van der Waals surface area contributed by atoms with Gasteiger partial charge in [0.05, 0.1) is 10.8 Å². The van der Waals surface area contributed by atoms with Crippen molar-refractivity contribution in [3.8, 4) is 11.5 Å². The Balaban J connectivity index is 1.28. The second-order valence-electron chi connectivity index (χ2n) is 8.60. The Bertz CT molecular complexity index is 989. The van der Waals surface area contributed by atoms with Crippen LogP contribution in [-0.2, 0) is 14.8 Å². The summed E-state index contributed by atoms with van der Waals surface area (Å²) in [5, 5.41) is 3.00. The van der Waals surface area contributed by atoms with Gasteiger partial charge in [0.2, 0.25) is 15.9 Å². The zero-order valence-corrected chi connectivity index (χ0v) is 18.1. The standard InChI is InChI=1S/C21H27N3O6S/c25-20-16-3-1-2-4-17(16)22-21(26)24(20)14-7-9-23(10-8-14)31(27,28)15-5-6-18-19(13-15)30-12-11-29-18/h5-6,13-14,16-17H,1-4,7-12H2,(H,22,26). The highest BCUT2D eigenvalue weighted by Crippen LogP contribution is 2.35. The first-order valence-corrected chi connectivity index (χ1v) is 12.4. The highest BCUT2D eigenvalue weighted by Gasteiger charge is 2.45. The van der Waals surface area contributed by atoms with Gasteiger partial charge in [0.1, 0.15) is 13.2 Å². The van der Waals surface area contributed by atoms with E-state index in [9.17, 15) is 18.0 Å². The molecule has 5 rings (SSSR count). The molecule has 3 fully saturated rings. The minimum Gasteiger partial charge on any atom is -0.486 e. The van der Waals surface area contributed by atoms with Crippen LogP contribution in [0.2, 0.25) is 0 Å². The van der Waals surface area contributed by atoms with Gasteiger partial charge in [-0.3, -0.25) is 9.69 Å². The molecule has 1 saturated carbocycles. The number of carbonyl (C=O) groups is 2. The highest BCUT2D eigenvalue weighted by atomic mass is 32.2. The summed E-state index contributed by atoms with van der Waals surface area (Å²) in [7, 11) is -3.70. The quantitative estimate of drug-likeness (QED) is 0.753. The Morgan fingerprint density at radius 1 is 0.935 bits per heavy atom. The number of amides is 3. The summed E-state index contributed by atoms with van der Waals surface area (Å²) >= 11 is 0. The molecule has 1 aliphatic carbocycles. The SMILES string of the molecule is O=C1NC2CCCCC2C(=O)N1C1CCN(S(=O)(=O)c2ccc3c(c2)OCCO3)CC1. The lowest BCUT2D eigenvalue weighted by Crippen LogP contribution is -2.64. The summed E-state index contributed by atoms with van der Waals surface area (Å²) in [4.78, 5) is 27.2. The van der Waals surface area contributed by atoms with E-state index in [4.69, 9.17) is 9.47 Å². The molecule has 1 aromatic rings. The first-order valence-electron chi connectivity index (χ1n) is 11.0. The summed E-state index contributed by atoms with van der Waals surface area (Å²) in [6.07, 6.45) is 4.55. The number of nitrogens with zero attached hydrogens (tertiary/aromatic N) is 2. The van der Waals surface area contributed by atoms with Crippen LogP contribution in [0.4, 0.5) is 4.79 Å². The third-order valence-electron chi connectivity index (χ3n) is 6.79. The van der Waals surface area contributed by atoms with Crippen molar-refractivity contribution in [3.05, 3.63) is 18.2 Å². The summed E-state index contributed by atoms with van der Waals surface area (Å²) in [5.74, 6) is 0.729. The van der Waals surface area contributed by atoms with Crippen molar-refractivity contribution >= 4 is 22.0 Å². The number of hydrogen-bond acceptors (Lipinski definition) is 6. The van der Waals surface area contributed by atoms with Crippen molar-refractivity contribution in [2.75, 3.05) is 26.3 Å². The Hall–Kier alpha value is -2.33. The molecular weight excluding hydrogens is 422 g/mol. The molecule has 0 radical (unpaired) electrons. The zero-order valence-electron chi connectivity index (χ0n) is 17.3. The molecule has 2 atom stereocenters. The number of ether oxygens (including phenoxy) is 2. The Labute approximate surface area is 181 Å². The van der Waals surface area contributed by atoms with Crippen LogP contribution >= 0.6 is 0 Å². The van der Waals surface area contributed by atoms with Crippen LogP contribution in [0.1, 0.15) is 38.5 Å². The van der Waals surface area contributed by atoms with Crippen LogP contribution in [0.5, 0.6) is 11.5 Å². The van der Waals surface area contributed by atoms with E-state index in [1.165, 1.54) is 21.3 Å². The number of imide groups is 1. The van der Waals surface area contributed by atoms with E-state index >= 15 is 0 Å². The maximum atomic E-state index is 13.1. The highest BCUT2D eigenvalue weighted by molar-refractivity contribution is 7.89. The van der Waals surface area contributed by atoms with Gasteiger partial charge in [-0.05, 0) is 37.8 Å². The average Bonchev–Trinajstić information content (AvgIpc) is 2.79. The van der Waals surface area contributed by atoms with E-state index in [2.05, 4.69) is 5.32 Å². The van der Waals surface area contributed by atoms with Gasteiger partial charge in [-0.1, -0.05) is 12.8 Å². The molecule has 4 aliphatic rings. The van der Waals surface area contributed by atoms with Gasteiger partial charge in [-0.25, -0.2) is 13.2 Å². The molecule has 31 heavy (non-hydrogen) atoms. The summed E-state index contributed by atoms with van der Waals surface area (Å²) < 4.78 is 38.7. The molecule has 0 bridgehead atoms. The fourth-order valence-electron chi connectivity index (χ4n) is 5.13. The van der Waals surface area contributed by atoms with Crippen molar-refractivity contribution in [1.29, 1.82) is 0 Å². The van der Waals surface area contributed by atoms with Crippen LogP contribution in [0.3, 0.4) is 0 Å². The fourth-order valence-corrected chi connectivity index (χ4v) is 6.61. The van der Waals surface area contributed by atoms with Gasteiger partial charge in [0.15, 0.2) is 11.5 Å². The lowest BCUT2D eigenvalue weighted by molar-refractivity contribution is -0.139. The minimum absolute atomic E-state index is 0.0549. The molecule has 0 spiro atoms. The predicted molar refractivity (Wildman–Crippen MR) is 110 cm³/mol. The largest absolute Gasteiger partial charge is 0.486 e. The molecule has 168 valence electrons. The number of sulfonamides is 1. The lowest BCUT2D eigenvalue weighted by atomic mass is 9.81. The van der Waals surface area contributed by atoms with Gasteiger partial charge < -0.3 is 14.8 Å². The first-order chi connectivity index (χ1) is 14.9. The monoisotopic (exact) mass is 449 g/mol. The molecule has 3 heterocycles. The number of hydrogen-bond donors (Lipinski definition) is 1.